The molecular formula is C15H11NOS2. The smallest absolute Gasteiger partial charge is 0.159 e. The Kier molecular flexibility index (Phi) is 3.19. The minimum atomic E-state index is 0.728. The van der Waals surface area contributed by atoms with Crippen LogP contribution in [-0.2, 0) is 0 Å². The van der Waals surface area contributed by atoms with Gasteiger partial charge in [0.15, 0.2) is 3.95 Å². The molecule has 0 bridgehead atoms. The van der Waals surface area contributed by atoms with Crippen molar-refractivity contribution in [3.8, 4) is 11.3 Å². The van der Waals surface area contributed by atoms with Crippen LogP contribution in [0.25, 0.3) is 24.0 Å². The molecule has 0 saturated heterocycles. The molecule has 0 unspecified atom stereocenters. The van der Waals surface area contributed by atoms with Crippen LogP contribution in [0.5, 0.6) is 0 Å². The molecule has 1 aromatic carbocycles. The van der Waals surface area contributed by atoms with E-state index in [1.165, 1.54) is 11.3 Å². The van der Waals surface area contributed by atoms with Crippen molar-refractivity contribution < 1.29 is 4.42 Å². The Bertz CT molecular complexity index is 855. The quantitative estimate of drug-likeness (QED) is 0.732. The number of hydrogen-bond acceptors (Lipinski definition) is 3. The zero-order valence-electron chi connectivity index (χ0n) is 10.1. The monoisotopic (exact) mass is 285 g/mol. The molecule has 0 saturated carbocycles. The molecule has 2 nitrogen and oxygen atoms in total. The molecule has 0 aliphatic rings. The lowest BCUT2D eigenvalue weighted by atomic mass is 10.2. The van der Waals surface area contributed by atoms with Crippen molar-refractivity contribution in [1.29, 1.82) is 0 Å². The van der Waals surface area contributed by atoms with Crippen molar-refractivity contribution in [1.82, 2.24) is 4.98 Å². The number of benzene rings is 1. The summed E-state index contributed by atoms with van der Waals surface area (Å²) in [6, 6.07) is 13.9. The summed E-state index contributed by atoms with van der Waals surface area (Å²) >= 11 is 6.59. The van der Waals surface area contributed by atoms with E-state index in [0.717, 1.165) is 30.9 Å². The van der Waals surface area contributed by atoms with Crippen molar-refractivity contribution in [2.75, 3.05) is 0 Å². The number of nitrogens with one attached hydrogen (secondary N) is 1. The summed E-state index contributed by atoms with van der Waals surface area (Å²) < 4.78 is 7.54. The highest BCUT2D eigenvalue weighted by Gasteiger charge is 2.02. The van der Waals surface area contributed by atoms with Crippen molar-refractivity contribution in [3.63, 3.8) is 0 Å². The zero-order chi connectivity index (χ0) is 13.2. The second-order valence-electron chi connectivity index (χ2n) is 4.07. The van der Waals surface area contributed by atoms with Crippen LogP contribution in [0.1, 0.15) is 5.76 Å². The van der Waals surface area contributed by atoms with Gasteiger partial charge in [0.1, 0.15) is 11.5 Å². The predicted molar refractivity (Wildman–Crippen MR) is 82.0 cm³/mol. The summed E-state index contributed by atoms with van der Waals surface area (Å²) in [5.41, 5.74) is 1.07. The predicted octanol–water partition coefficient (Wildman–Crippen LogP) is 3.30. The maximum Gasteiger partial charge on any atom is 0.159 e. The Morgan fingerprint density at radius 2 is 1.95 bits per heavy atom. The SMILES string of the molecule is C=c1[nH]c(=S)s/c1=C\c1ccc(-c2ccccc2)o1. The first-order chi connectivity index (χ1) is 9.22. The lowest BCUT2D eigenvalue weighted by Gasteiger charge is -1.94. The van der Waals surface area contributed by atoms with Gasteiger partial charge in [0, 0.05) is 11.6 Å². The topological polar surface area (TPSA) is 28.9 Å². The van der Waals surface area contributed by atoms with E-state index in [1.807, 2.05) is 48.5 Å². The lowest BCUT2D eigenvalue weighted by Crippen LogP contribution is -2.18. The molecule has 2 aromatic heterocycles. The molecule has 3 aromatic rings. The van der Waals surface area contributed by atoms with E-state index in [2.05, 4.69) is 11.6 Å². The van der Waals surface area contributed by atoms with Crippen molar-refractivity contribution >= 4 is 36.2 Å². The fourth-order valence-electron chi connectivity index (χ4n) is 1.81. The van der Waals surface area contributed by atoms with Gasteiger partial charge >= 0.3 is 0 Å². The Morgan fingerprint density at radius 3 is 2.63 bits per heavy atom. The molecule has 0 amide bonds. The van der Waals surface area contributed by atoms with Gasteiger partial charge in [-0.1, -0.05) is 36.9 Å². The second-order valence-corrected chi connectivity index (χ2v) is 5.79. The third-order valence-corrected chi connectivity index (χ3v) is 3.94. The zero-order valence-corrected chi connectivity index (χ0v) is 11.7. The van der Waals surface area contributed by atoms with Crippen LogP contribution in [-0.4, -0.2) is 4.98 Å². The van der Waals surface area contributed by atoms with Gasteiger partial charge in [-0.25, -0.2) is 0 Å². The molecule has 19 heavy (non-hydrogen) atoms. The normalized spacial score (nSPS) is 11.9. The molecule has 94 valence electrons. The maximum absolute atomic E-state index is 5.81. The van der Waals surface area contributed by atoms with Crippen LogP contribution in [0.2, 0.25) is 0 Å². The fourth-order valence-corrected chi connectivity index (χ4v) is 2.92. The fraction of sp³-hybridized carbons (Fsp3) is 0. The van der Waals surface area contributed by atoms with Crippen LogP contribution in [0.4, 0.5) is 0 Å². The highest BCUT2D eigenvalue weighted by Crippen LogP contribution is 2.21. The van der Waals surface area contributed by atoms with Gasteiger partial charge in [0.2, 0.25) is 0 Å². The Morgan fingerprint density at radius 1 is 1.16 bits per heavy atom. The minimum absolute atomic E-state index is 0.728. The third-order valence-electron chi connectivity index (χ3n) is 2.71. The molecule has 0 atom stereocenters. The first kappa shape index (κ1) is 12.1. The van der Waals surface area contributed by atoms with E-state index in [4.69, 9.17) is 16.6 Å². The molecule has 4 heteroatoms. The first-order valence-electron chi connectivity index (χ1n) is 5.77. The summed E-state index contributed by atoms with van der Waals surface area (Å²) in [6.45, 7) is 3.92. The highest BCUT2D eigenvalue weighted by atomic mass is 32.1. The summed E-state index contributed by atoms with van der Waals surface area (Å²) in [6.07, 6.45) is 1.95. The average molecular weight is 285 g/mol. The Labute approximate surface area is 119 Å². The van der Waals surface area contributed by atoms with Crippen molar-refractivity contribution in [2.24, 2.45) is 0 Å². The van der Waals surface area contributed by atoms with Gasteiger partial charge < -0.3 is 9.40 Å². The van der Waals surface area contributed by atoms with E-state index in [1.54, 1.807) is 0 Å². The number of furan rings is 1. The summed E-state index contributed by atoms with van der Waals surface area (Å²) in [7, 11) is 0. The molecule has 2 heterocycles. The Hall–Kier alpha value is -1.91. The van der Waals surface area contributed by atoms with Gasteiger partial charge in [0.25, 0.3) is 0 Å². The van der Waals surface area contributed by atoms with Crippen LogP contribution in [0, 0.1) is 3.95 Å². The first-order valence-corrected chi connectivity index (χ1v) is 7.00. The number of H-pyrrole nitrogens is 1. The van der Waals surface area contributed by atoms with E-state index in [-0.39, 0.29) is 0 Å². The molecule has 0 fully saturated rings. The van der Waals surface area contributed by atoms with E-state index < -0.39 is 0 Å². The maximum atomic E-state index is 5.81. The van der Waals surface area contributed by atoms with Crippen LogP contribution < -0.4 is 9.88 Å². The number of rotatable bonds is 2. The second kappa shape index (κ2) is 4.99. The lowest BCUT2D eigenvalue weighted by molar-refractivity contribution is 0.571. The van der Waals surface area contributed by atoms with Gasteiger partial charge in [-0.3, -0.25) is 0 Å². The van der Waals surface area contributed by atoms with Gasteiger partial charge in [-0.05, 0) is 24.4 Å². The molecule has 1 N–H and O–H groups in total. The summed E-state index contributed by atoms with van der Waals surface area (Å²) in [5.74, 6) is 1.66. The standard InChI is InChI=1S/C15H11NOS2/c1-10-14(19-15(18)16-10)9-12-7-8-13(17-12)11-5-3-2-4-6-11/h2-9H,1H2,(H,16,18)/b14-9-. The largest absolute Gasteiger partial charge is 0.457 e. The molecule has 0 aliphatic heterocycles. The third kappa shape index (κ3) is 2.59. The van der Waals surface area contributed by atoms with Gasteiger partial charge in [-0.15, -0.1) is 11.3 Å². The van der Waals surface area contributed by atoms with Gasteiger partial charge in [0.05, 0.1) is 9.88 Å². The van der Waals surface area contributed by atoms with Crippen molar-refractivity contribution in [2.45, 2.75) is 0 Å². The summed E-state index contributed by atoms with van der Waals surface area (Å²) in [4.78, 5) is 3.02. The minimum Gasteiger partial charge on any atom is -0.457 e. The molecule has 0 radical (unpaired) electrons. The van der Waals surface area contributed by atoms with Crippen LogP contribution in [0.3, 0.4) is 0 Å². The molecule has 0 aliphatic carbocycles. The molecule has 3 rings (SSSR count). The van der Waals surface area contributed by atoms with E-state index >= 15 is 0 Å². The van der Waals surface area contributed by atoms with Crippen LogP contribution in [0.15, 0.2) is 46.9 Å². The molecule has 0 spiro atoms. The Balaban J connectivity index is 2.03. The number of aromatic nitrogens is 1. The highest BCUT2D eigenvalue weighted by molar-refractivity contribution is 7.73. The average Bonchev–Trinajstić information content (AvgIpc) is 2.99. The number of thiazole rings is 1. The number of aromatic amines is 1. The van der Waals surface area contributed by atoms with E-state index in [9.17, 15) is 0 Å². The number of hydrogen-bond donors (Lipinski definition) is 1. The van der Waals surface area contributed by atoms with Gasteiger partial charge in [-0.2, -0.15) is 0 Å². The van der Waals surface area contributed by atoms with Crippen LogP contribution >= 0.6 is 23.6 Å². The molecular weight excluding hydrogens is 274 g/mol. The van der Waals surface area contributed by atoms with Crippen molar-refractivity contribution in [3.05, 3.63) is 62.1 Å². The summed E-state index contributed by atoms with van der Waals surface area (Å²) in [5, 5.41) is 0.827. The van der Waals surface area contributed by atoms with E-state index in [0.29, 0.717) is 0 Å².